The maximum absolute atomic E-state index is 5.44. The second kappa shape index (κ2) is 5.16. The standard InChI is InChI=1S/C17H16N2/c1-2-13-6-3-9-15(12-13)19-16-10-4-7-14-8-5-11-18-17(14)16/h1,3,5-6,8-9,11-12,16,19H,4,7,10H2. The zero-order chi connectivity index (χ0) is 13.1. The van der Waals surface area contributed by atoms with E-state index >= 15 is 0 Å². The minimum absolute atomic E-state index is 0.290. The number of anilines is 1. The molecule has 1 N–H and O–H groups in total. The quantitative estimate of drug-likeness (QED) is 0.822. The first kappa shape index (κ1) is 11.8. The first-order valence-electron chi connectivity index (χ1n) is 6.64. The van der Waals surface area contributed by atoms with Crippen molar-refractivity contribution < 1.29 is 0 Å². The van der Waals surface area contributed by atoms with Crippen molar-refractivity contribution in [2.45, 2.75) is 25.3 Å². The van der Waals surface area contributed by atoms with Gasteiger partial charge in [0.1, 0.15) is 0 Å². The van der Waals surface area contributed by atoms with Crippen molar-refractivity contribution in [3.8, 4) is 12.3 Å². The lowest BCUT2D eigenvalue weighted by Crippen LogP contribution is -2.18. The zero-order valence-corrected chi connectivity index (χ0v) is 10.8. The Kier molecular flexibility index (Phi) is 3.20. The number of pyridine rings is 1. The Morgan fingerprint density at radius 1 is 1.26 bits per heavy atom. The lowest BCUT2D eigenvalue weighted by molar-refractivity contribution is 0.583. The molecule has 2 nitrogen and oxygen atoms in total. The van der Waals surface area contributed by atoms with Gasteiger partial charge in [0, 0.05) is 17.4 Å². The van der Waals surface area contributed by atoms with Gasteiger partial charge in [-0.05, 0) is 49.1 Å². The van der Waals surface area contributed by atoms with E-state index in [1.807, 2.05) is 30.5 Å². The summed E-state index contributed by atoms with van der Waals surface area (Å²) in [5.74, 6) is 2.67. The third-order valence-corrected chi connectivity index (χ3v) is 3.57. The highest BCUT2D eigenvalue weighted by Crippen LogP contribution is 2.30. The number of aryl methyl sites for hydroxylation is 1. The van der Waals surface area contributed by atoms with E-state index in [-0.39, 0.29) is 6.04 Å². The van der Waals surface area contributed by atoms with Crippen molar-refractivity contribution >= 4 is 5.69 Å². The number of rotatable bonds is 2. The molecule has 0 spiro atoms. The van der Waals surface area contributed by atoms with Crippen LogP contribution in [0.2, 0.25) is 0 Å². The van der Waals surface area contributed by atoms with Crippen LogP contribution in [0, 0.1) is 12.3 Å². The molecule has 0 radical (unpaired) electrons. The summed E-state index contributed by atoms with van der Waals surface area (Å²) in [6.45, 7) is 0. The SMILES string of the molecule is C#Cc1cccc(NC2CCCc3cccnc32)c1. The van der Waals surface area contributed by atoms with E-state index in [9.17, 15) is 0 Å². The van der Waals surface area contributed by atoms with Crippen LogP contribution < -0.4 is 5.32 Å². The summed E-state index contributed by atoms with van der Waals surface area (Å²) in [7, 11) is 0. The Balaban J connectivity index is 1.86. The minimum atomic E-state index is 0.290. The lowest BCUT2D eigenvalue weighted by Gasteiger charge is -2.26. The summed E-state index contributed by atoms with van der Waals surface area (Å²) in [6.07, 6.45) is 10.8. The summed E-state index contributed by atoms with van der Waals surface area (Å²) < 4.78 is 0. The van der Waals surface area contributed by atoms with E-state index in [0.29, 0.717) is 0 Å². The molecule has 0 saturated heterocycles. The predicted octanol–water partition coefficient (Wildman–Crippen LogP) is 3.55. The third-order valence-electron chi connectivity index (χ3n) is 3.57. The molecule has 94 valence electrons. The topological polar surface area (TPSA) is 24.9 Å². The summed E-state index contributed by atoms with van der Waals surface area (Å²) in [5, 5.41) is 3.55. The highest BCUT2D eigenvalue weighted by molar-refractivity contribution is 5.51. The van der Waals surface area contributed by atoms with Crippen molar-refractivity contribution in [1.82, 2.24) is 4.98 Å². The Hall–Kier alpha value is -2.27. The molecule has 2 heteroatoms. The van der Waals surface area contributed by atoms with Crippen LogP contribution >= 0.6 is 0 Å². The van der Waals surface area contributed by atoms with Gasteiger partial charge >= 0.3 is 0 Å². The van der Waals surface area contributed by atoms with Gasteiger partial charge in [-0.25, -0.2) is 0 Å². The molecule has 1 aliphatic carbocycles. The molecular weight excluding hydrogens is 232 g/mol. The average molecular weight is 248 g/mol. The van der Waals surface area contributed by atoms with Gasteiger partial charge in [0.15, 0.2) is 0 Å². The fourth-order valence-electron chi connectivity index (χ4n) is 2.65. The van der Waals surface area contributed by atoms with Gasteiger partial charge in [0.05, 0.1) is 11.7 Å². The van der Waals surface area contributed by atoms with Gasteiger partial charge < -0.3 is 5.32 Å². The van der Waals surface area contributed by atoms with Crippen molar-refractivity contribution in [3.63, 3.8) is 0 Å². The number of aromatic nitrogens is 1. The zero-order valence-electron chi connectivity index (χ0n) is 10.8. The van der Waals surface area contributed by atoms with E-state index in [0.717, 1.165) is 24.1 Å². The van der Waals surface area contributed by atoms with Crippen LogP contribution in [-0.4, -0.2) is 4.98 Å². The Bertz CT molecular complexity index is 625. The van der Waals surface area contributed by atoms with Gasteiger partial charge in [-0.15, -0.1) is 6.42 Å². The number of benzene rings is 1. The van der Waals surface area contributed by atoms with Gasteiger partial charge in [-0.3, -0.25) is 4.98 Å². The third kappa shape index (κ3) is 2.46. The molecular formula is C17H16N2. The molecule has 1 aliphatic rings. The number of terminal acetylenes is 1. The molecule has 0 bridgehead atoms. The van der Waals surface area contributed by atoms with Crippen LogP contribution in [0.15, 0.2) is 42.6 Å². The Morgan fingerprint density at radius 2 is 2.21 bits per heavy atom. The minimum Gasteiger partial charge on any atom is -0.377 e. The first-order chi connectivity index (χ1) is 9.36. The van der Waals surface area contributed by atoms with Crippen LogP contribution in [0.4, 0.5) is 5.69 Å². The molecule has 1 aromatic carbocycles. The summed E-state index contributed by atoms with van der Waals surface area (Å²) in [5.41, 5.74) is 4.51. The van der Waals surface area contributed by atoms with Gasteiger partial charge in [0.25, 0.3) is 0 Å². The molecule has 19 heavy (non-hydrogen) atoms. The molecule has 1 atom stereocenters. The highest BCUT2D eigenvalue weighted by atomic mass is 14.9. The number of hydrogen-bond acceptors (Lipinski definition) is 2. The number of nitrogens with one attached hydrogen (secondary N) is 1. The second-order valence-electron chi connectivity index (χ2n) is 4.86. The Labute approximate surface area is 113 Å². The number of fused-ring (bicyclic) bond motifs is 1. The molecule has 1 aromatic heterocycles. The van der Waals surface area contributed by atoms with Crippen LogP contribution in [-0.2, 0) is 6.42 Å². The van der Waals surface area contributed by atoms with Crippen LogP contribution in [0.25, 0.3) is 0 Å². The first-order valence-corrected chi connectivity index (χ1v) is 6.64. The number of nitrogens with zero attached hydrogens (tertiary/aromatic N) is 1. The van der Waals surface area contributed by atoms with E-state index in [2.05, 4.69) is 28.4 Å². The molecule has 0 fully saturated rings. The van der Waals surface area contributed by atoms with Crippen molar-refractivity contribution in [2.24, 2.45) is 0 Å². The van der Waals surface area contributed by atoms with Gasteiger partial charge in [-0.1, -0.05) is 18.1 Å². The lowest BCUT2D eigenvalue weighted by atomic mass is 9.91. The smallest absolute Gasteiger partial charge is 0.0688 e. The molecule has 1 unspecified atom stereocenters. The van der Waals surface area contributed by atoms with E-state index in [1.165, 1.54) is 17.7 Å². The normalized spacial score (nSPS) is 17.3. The second-order valence-corrected chi connectivity index (χ2v) is 4.86. The monoisotopic (exact) mass is 248 g/mol. The van der Waals surface area contributed by atoms with E-state index < -0.39 is 0 Å². The highest BCUT2D eigenvalue weighted by Gasteiger charge is 2.20. The fourth-order valence-corrected chi connectivity index (χ4v) is 2.65. The van der Waals surface area contributed by atoms with Crippen LogP contribution in [0.1, 0.15) is 35.7 Å². The summed E-state index contributed by atoms with van der Waals surface area (Å²) in [6, 6.07) is 12.5. The van der Waals surface area contributed by atoms with Crippen molar-refractivity contribution in [3.05, 3.63) is 59.4 Å². The molecule has 3 rings (SSSR count). The van der Waals surface area contributed by atoms with Crippen molar-refractivity contribution in [2.75, 3.05) is 5.32 Å². The number of hydrogen-bond donors (Lipinski definition) is 1. The van der Waals surface area contributed by atoms with Crippen LogP contribution in [0.5, 0.6) is 0 Å². The average Bonchev–Trinajstić information content (AvgIpc) is 2.48. The maximum Gasteiger partial charge on any atom is 0.0688 e. The molecule has 0 saturated carbocycles. The molecule has 2 aromatic rings. The largest absolute Gasteiger partial charge is 0.377 e. The van der Waals surface area contributed by atoms with E-state index in [1.54, 1.807) is 0 Å². The van der Waals surface area contributed by atoms with Gasteiger partial charge in [-0.2, -0.15) is 0 Å². The van der Waals surface area contributed by atoms with Crippen LogP contribution in [0.3, 0.4) is 0 Å². The van der Waals surface area contributed by atoms with E-state index in [4.69, 9.17) is 6.42 Å². The summed E-state index contributed by atoms with van der Waals surface area (Å²) in [4.78, 5) is 4.54. The van der Waals surface area contributed by atoms with Crippen molar-refractivity contribution in [1.29, 1.82) is 0 Å². The summed E-state index contributed by atoms with van der Waals surface area (Å²) >= 11 is 0. The Morgan fingerprint density at radius 3 is 3.11 bits per heavy atom. The predicted molar refractivity (Wildman–Crippen MR) is 77.9 cm³/mol. The van der Waals surface area contributed by atoms with Gasteiger partial charge in [0.2, 0.25) is 0 Å². The molecule has 0 amide bonds. The fraction of sp³-hybridized carbons (Fsp3) is 0.235. The molecule has 1 heterocycles. The molecule has 0 aliphatic heterocycles. The maximum atomic E-state index is 5.44.